The molecule has 1 aliphatic rings. The van der Waals surface area contributed by atoms with E-state index in [9.17, 15) is 19.2 Å². The number of ether oxygens (including phenoxy) is 4. The number of thioether (sulfide) groups is 1. The highest BCUT2D eigenvalue weighted by Crippen LogP contribution is 2.38. The monoisotopic (exact) mass is 729 g/mol. The van der Waals surface area contributed by atoms with Crippen molar-refractivity contribution in [3.8, 4) is 17.2 Å². The van der Waals surface area contributed by atoms with Gasteiger partial charge in [0.2, 0.25) is 5.91 Å². The van der Waals surface area contributed by atoms with E-state index in [1.165, 1.54) is 57.6 Å². The highest BCUT2D eigenvalue weighted by atomic mass is 32.2. The molecule has 0 bridgehead atoms. The maximum Gasteiger partial charge on any atom is 0.341 e. The summed E-state index contributed by atoms with van der Waals surface area (Å²) < 4.78 is 21.4. The molecule has 266 valence electrons. The number of carbonyl (C=O) groups excluding carboxylic acids is 4. The second-order valence-corrected chi connectivity index (χ2v) is 13.6. The molecule has 13 heteroatoms. The van der Waals surface area contributed by atoms with E-state index in [0.29, 0.717) is 44.6 Å². The third-order valence-corrected chi connectivity index (χ3v) is 10.3. The zero-order valence-corrected chi connectivity index (χ0v) is 30.4. The van der Waals surface area contributed by atoms with Crippen LogP contribution in [0.2, 0.25) is 0 Å². The predicted molar refractivity (Wildman–Crippen MR) is 199 cm³/mol. The molecule has 3 N–H and O–H groups in total. The molecule has 1 aromatic heterocycles. The number of fused-ring (bicyclic) bond motifs is 1. The van der Waals surface area contributed by atoms with Gasteiger partial charge in [-0.1, -0.05) is 30.7 Å². The van der Waals surface area contributed by atoms with E-state index in [1.807, 2.05) is 6.07 Å². The van der Waals surface area contributed by atoms with Gasteiger partial charge in [0.05, 0.1) is 39.8 Å². The topological polar surface area (TPSA) is 141 Å². The Morgan fingerprint density at radius 1 is 0.804 bits per heavy atom. The summed E-state index contributed by atoms with van der Waals surface area (Å²) in [5.74, 6) is -0.496. The first kappa shape index (κ1) is 37.0. The second-order valence-electron chi connectivity index (χ2n) is 11.4. The normalized spacial score (nSPS) is 12.5. The third kappa shape index (κ3) is 9.30. The van der Waals surface area contributed by atoms with Gasteiger partial charge in [0, 0.05) is 32.7 Å². The molecule has 4 aromatic rings. The Labute approximate surface area is 304 Å². The van der Waals surface area contributed by atoms with Gasteiger partial charge in [0.1, 0.15) is 16.4 Å². The first-order valence-electron chi connectivity index (χ1n) is 16.2. The largest absolute Gasteiger partial charge is 0.496 e. The van der Waals surface area contributed by atoms with Gasteiger partial charge in [-0.2, -0.15) is 0 Å². The van der Waals surface area contributed by atoms with Gasteiger partial charge >= 0.3 is 5.97 Å². The second kappa shape index (κ2) is 17.6. The lowest BCUT2D eigenvalue weighted by Crippen LogP contribution is -2.30. The minimum atomic E-state index is -0.594. The number of carbonyl (C=O) groups is 4. The lowest BCUT2D eigenvalue weighted by molar-refractivity contribution is -0.114. The summed E-state index contributed by atoms with van der Waals surface area (Å²) in [6.07, 6.45) is 6.30. The van der Waals surface area contributed by atoms with Gasteiger partial charge in [0.15, 0.2) is 11.5 Å². The first-order valence-corrected chi connectivity index (χ1v) is 18.0. The smallest absolute Gasteiger partial charge is 0.341 e. The highest BCUT2D eigenvalue weighted by Gasteiger charge is 2.26. The fraction of sp³-hybridized carbons (Fsp3) is 0.263. The van der Waals surface area contributed by atoms with Crippen LogP contribution in [0.4, 0.5) is 10.7 Å². The van der Waals surface area contributed by atoms with Crippen molar-refractivity contribution in [3.63, 3.8) is 0 Å². The number of nitrogens with one attached hydrogen (secondary N) is 3. The van der Waals surface area contributed by atoms with Crippen LogP contribution in [0.15, 0.2) is 77.3 Å². The fourth-order valence-corrected chi connectivity index (χ4v) is 7.63. The summed E-state index contributed by atoms with van der Waals surface area (Å²) in [5, 5.41) is 9.03. The molecule has 0 atom stereocenters. The van der Waals surface area contributed by atoms with Crippen molar-refractivity contribution < 1.29 is 38.1 Å². The molecule has 3 amide bonds. The number of aryl methyl sites for hydroxylation is 1. The summed E-state index contributed by atoms with van der Waals surface area (Å²) in [6, 6.07) is 18.8. The van der Waals surface area contributed by atoms with Crippen molar-refractivity contribution in [1.29, 1.82) is 0 Å². The minimum Gasteiger partial charge on any atom is -0.496 e. The molecule has 0 saturated carbocycles. The highest BCUT2D eigenvalue weighted by molar-refractivity contribution is 8.00. The number of thiophene rings is 1. The number of hydrogen-bond donors (Lipinski definition) is 3. The number of esters is 1. The molecule has 0 radical (unpaired) electrons. The number of methoxy groups -OCH3 is 4. The zero-order chi connectivity index (χ0) is 36.3. The molecule has 5 rings (SSSR count). The number of amides is 3. The lowest BCUT2D eigenvalue weighted by atomic mass is 10.1. The Balaban J connectivity index is 1.33. The zero-order valence-electron chi connectivity index (χ0n) is 28.8. The average molecular weight is 730 g/mol. The van der Waals surface area contributed by atoms with Crippen LogP contribution in [0.5, 0.6) is 17.2 Å². The maximum absolute atomic E-state index is 13.8. The summed E-state index contributed by atoms with van der Waals surface area (Å²) in [7, 11) is 5.83. The molecular formula is C38H39N3O8S2. The van der Waals surface area contributed by atoms with Crippen LogP contribution in [0.25, 0.3) is 6.08 Å². The summed E-state index contributed by atoms with van der Waals surface area (Å²) in [5.41, 5.74) is 2.65. The molecule has 51 heavy (non-hydrogen) atoms. The van der Waals surface area contributed by atoms with Crippen LogP contribution in [0, 0.1) is 0 Å². The van der Waals surface area contributed by atoms with Crippen LogP contribution in [0.1, 0.15) is 56.0 Å². The van der Waals surface area contributed by atoms with E-state index in [1.54, 1.807) is 60.7 Å². The minimum absolute atomic E-state index is 0.0532. The molecule has 1 heterocycles. The average Bonchev–Trinajstić information content (AvgIpc) is 3.32. The van der Waals surface area contributed by atoms with Gasteiger partial charge in [-0.3, -0.25) is 14.4 Å². The third-order valence-electron chi connectivity index (χ3n) is 8.09. The molecule has 3 aromatic carbocycles. The number of hydrogen-bond acceptors (Lipinski definition) is 10. The molecule has 0 spiro atoms. The number of benzene rings is 3. The van der Waals surface area contributed by atoms with Gasteiger partial charge in [-0.05, 0) is 73.7 Å². The first-order chi connectivity index (χ1) is 24.7. The lowest BCUT2D eigenvalue weighted by Gasteiger charge is -2.15. The van der Waals surface area contributed by atoms with Gasteiger partial charge < -0.3 is 34.9 Å². The van der Waals surface area contributed by atoms with Gasteiger partial charge in [-0.25, -0.2) is 4.79 Å². The molecular weight excluding hydrogens is 691 g/mol. The van der Waals surface area contributed by atoms with Crippen LogP contribution < -0.4 is 30.2 Å². The molecule has 0 aliphatic heterocycles. The van der Waals surface area contributed by atoms with E-state index >= 15 is 0 Å². The Hall–Kier alpha value is -5.27. The molecule has 11 nitrogen and oxygen atoms in total. The van der Waals surface area contributed by atoms with E-state index < -0.39 is 17.8 Å². The van der Waals surface area contributed by atoms with Crippen molar-refractivity contribution in [2.45, 2.75) is 37.0 Å². The SMILES string of the molecule is COC(=O)c1c(NC(=O)CSc2cccc(NC(=O)/C(=C\c3cc(OC)c(OC)cc3OC)NC(=O)c3ccccc3)c2)sc2c1CCCCC2. The van der Waals surface area contributed by atoms with Gasteiger partial charge in [0.25, 0.3) is 11.8 Å². The number of rotatable bonds is 13. The van der Waals surface area contributed by atoms with E-state index in [4.69, 9.17) is 18.9 Å². The van der Waals surface area contributed by atoms with E-state index in [2.05, 4.69) is 16.0 Å². The quantitative estimate of drug-likeness (QED) is 0.0576. The van der Waals surface area contributed by atoms with Crippen molar-refractivity contribution in [1.82, 2.24) is 5.32 Å². The standard InChI is InChI=1S/C38H39N3O8S2/c1-46-29-21-31(48-3)30(47-2)19-24(29)18-28(40-35(43)23-12-7-5-8-13-23)36(44)39-25-14-11-15-26(20-25)50-22-33(42)41-37-34(38(45)49-4)27-16-9-6-10-17-32(27)51-37/h5,7-8,11-15,18-21H,6,9-10,16-17,22H2,1-4H3,(H,39,44)(H,40,43)(H,41,42)/b28-18+. The van der Waals surface area contributed by atoms with Crippen LogP contribution in [-0.2, 0) is 27.2 Å². The molecule has 0 saturated heterocycles. The van der Waals surface area contributed by atoms with Crippen molar-refractivity contribution in [3.05, 3.63) is 99.6 Å². The Morgan fingerprint density at radius 2 is 1.53 bits per heavy atom. The van der Waals surface area contributed by atoms with Crippen molar-refractivity contribution in [2.75, 3.05) is 44.8 Å². The summed E-state index contributed by atoms with van der Waals surface area (Å²) in [6.45, 7) is 0. The predicted octanol–water partition coefficient (Wildman–Crippen LogP) is 6.97. The van der Waals surface area contributed by atoms with Crippen LogP contribution in [0.3, 0.4) is 0 Å². The molecule has 1 aliphatic carbocycles. The molecule has 0 unspecified atom stereocenters. The summed E-state index contributed by atoms with van der Waals surface area (Å²) >= 11 is 2.72. The van der Waals surface area contributed by atoms with Crippen LogP contribution in [-0.4, -0.2) is 57.9 Å². The van der Waals surface area contributed by atoms with E-state index in [-0.39, 0.29) is 17.4 Å². The number of anilines is 2. The Morgan fingerprint density at radius 3 is 2.25 bits per heavy atom. The Kier molecular flexibility index (Phi) is 12.8. The van der Waals surface area contributed by atoms with Crippen molar-refractivity contribution in [2.24, 2.45) is 0 Å². The molecule has 0 fully saturated rings. The van der Waals surface area contributed by atoms with Crippen molar-refractivity contribution >= 4 is 63.6 Å². The van der Waals surface area contributed by atoms with Gasteiger partial charge in [-0.15, -0.1) is 23.1 Å². The van der Waals surface area contributed by atoms with E-state index in [0.717, 1.165) is 47.4 Å². The Bertz CT molecular complexity index is 1940. The maximum atomic E-state index is 13.8. The van der Waals surface area contributed by atoms with Crippen LogP contribution >= 0.6 is 23.1 Å². The summed E-state index contributed by atoms with van der Waals surface area (Å²) in [4.78, 5) is 54.6. The fourth-order valence-electron chi connectivity index (χ4n) is 5.59.